The van der Waals surface area contributed by atoms with Crippen molar-refractivity contribution in [2.75, 3.05) is 6.54 Å². The molecule has 0 spiro atoms. The summed E-state index contributed by atoms with van der Waals surface area (Å²) in [6.07, 6.45) is 0.301. The second-order valence-corrected chi connectivity index (χ2v) is 4.72. The summed E-state index contributed by atoms with van der Waals surface area (Å²) in [5.41, 5.74) is 1.87. The average molecular weight is 261 g/mol. The van der Waals surface area contributed by atoms with Crippen LogP contribution in [-0.2, 0) is 11.8 Å². The number of ether oxygens (including phenoxy) is 1. The van der Waals surface area contributed by atoms with Crippen molar-refractivity contribution in [3.05, 3.63) is 24.3 Å². The van der Waals surface area contributed by atoms with E-state index in [1.807, 2.05) is 35.9 Å². The van der Waals surface area contributed by atoms with Crippen molar-refractivity contribution in [1.82, 2.24) is 14.9 Å². The highest BCUT2D eigenvalue weighted by Gasteiger charge is 2.31. The maximum absolute atomic E-state index is 10.9. The first kappa shape index (κ1) is 12.0. The third kappa shape index (κ3) is 2.15. The number of rotatable bonds is 3. The Morgan fingerprint density at radius 1 is 1.53 bits per heavy atom. The number of nitrogens with zero attached hydrogens (tertiary/aromatic N) is 2. The zero-order valence-corrected chi connectivity index (χ0v) is 10.5. The van der Waals surface area contributed by atoms with Crippen LogP contribution in [0, 0.1) is 0 Å². The average Bonchev–Trinajstić information content (AvgIpc) is 2.97. The van der Waals surface area contributed by atoms with Crippen molar-refractivity contribution < 1.29 is 14.6 Å². The van der Waals surface area contributed by atoms with Crippen LogP contribution >= 0.6 is 0 Å². The first-order valence-electron chi connectivity index (χ1n) is 6.19. The number of imidazole rings is 1. The van der Waals surface area contributed by atoms with E-state index in [4.69, 9.17) is 9.84 Å². The van der Waals surface area contributed by atoms with Crippen molar-refractivity contribution in [1.29, 1.82) is 0 Å². The van der Waals surface area contributed by atoms with Gasteiger partial charge < -0.3 is 15.2 Å². The lowest BCUT2D eigenvalue weighted by Crippen LogP contribution is -2.30. The molecule has 1 aromatic carbocycles. The molecule has 2 aromatic rings. The molecule has 0 amide bonds. The van der Waals surface area contributed by atoms with E-state index in [9.17, 15) is 4.79 Å². The van der Waals surface area contributed by atoms with Gasteiger partial charge in [-0.2, -0.15) is 4.98 Å². The van der Waals surface area contributed by atoms with Gasteiger partial charge in [0.05, 0.1) is 11.0 Å². The van der Waals surface area contributed by atoms with Crippen LogP contribution in [0.2, 0.25) is 0 Å². The number of benzene rings is 1. The van der Waals surface area contributed by atoms with E-state index in [0.717, 1.165) is 11.0 Å². The molecule has 1 aromatic heterocycles. The molecule has 1 saturated heterocycles. The van der Waals surface area contributed by atoms with Crippen LogP contribution in [0.4, 0.5) is 0 Å². The first-order chi connectivity index (χ1) is 9.15. The van der Waals surface area contributed by atoms with E-state index in [1.165, 1.54) is 0 Å². The lowest BCUT2D eigenvalue weighted by Gasteiger charge is -2.11. The van der Waals surface area contributed by atoms with E-state index in [1.54, 1.807) is 0 Å². The Labute approximate surface area is 110 Å². The Hall–Kier alpha value is -2.08. The van der Waals surface area contributed by atoms with Crippen molar-refractivity contribution in [2.24, 2.45) is 7.05 Å². The Morgan fingerprint density at radius 2 is 2.32 bits per heavy atom. The summed E-state index contributed by atoms with van der Waals surface area (Å²) in [6, 6.07) is 7.78. The molecule has 2 unspecified atom stereocenters. The van der Waals surface area contributed by atoms with Gasteiger partial charge in [-0.05, 0) is 12.1 Å². The predicted molar refractivity (Wildman–Crippen MR) is 69.2 cm³/mol. The van der Waals surface area contributed by atoms with E-state index >= 15 is 0 Å². The van der Waals surface area contributed by atoms with Crippen LogP contribution < -0.4 is 10.1 Å². The zero-order chi connectivity index (χ0) is 13.4. The van der Waals surface area contributed by atoms with Gasteiger partial charge in [-0.25, -0.2) is 0 Å². The lowest BCUT2D eigenvalue weighted by atomic mass is 10.2. The molecule has 1 aliphatic rings. The van der Waals surface area contributed by atoms with Crippen LogP contribution in [0.25, 0.3) is 11.0 Å². The molecule has 100 valence electrons. The topological polar surface area (TPSA) is 76.4 Å². The number of carboxylic acids is 1. The minimum atomic E-state index is -0.837. The number of aliphatic carboxylic acids is 1. The summed E-state index contributed by atoms with van der Waals surface area (Å²) in [4.78, 5) is 15.3. The molecule has 0 bridgehead atoms. The largest absolute Gasteiger partial charge is 0.480 e. The van der Waals surface area contributed by atoms with Crippen LogP contribution in [0.5, 0.6) is 6.01 Å². The molecule has 3 rings (SSSR count). The monoisotopic (exact) mass is 261 g/mol. The number of fused-ring (bicyclic) bond motifs is 1. The minimum absolute atomic E-state index is 0.156. The predicted octanol–water partition coefficient (Wildman–Crippen LogP) is 0.767. The maximum atomic E-state index is 10.9. The normalized spacial score (nSPS) is 22.8. The Kier molecular flexibility index (Phi) is 2.87. The lowest BCUT2D eigenvalue weighted by molar-refractivity contribution is -0.139. The van der Waals surface area contributed by atoms with Gasteiger partial charge in [-0.1, -0.05) is 12.1 Å². The van der Waals surface area contributed by atoms with E-state index in [-0.39, 0.29) is 6.10 Å². The maximum Gasteiger partial charge on any atom is 0.320 e. The van der Waals surface area contributed by atoms with Crippen molar-refractivity contribution in [2.45, 2.75) is 18.6 Å². The summed E-state index contributed by atoms with van der Waals surface area (Å²) in [5, 5.41) is 11.8. The number of aromatic nitrogens is 2. The number of para-hydroxylation sites is 2. The fourth-order valence-corrected chi connectivity index (χ4v) is 2.36. The summed E-state index contributed by atoms with van der Waals surface area (Å²) >= 11 is 0. The van der Waals surface area contributed by atoms with Crippen molar-refractivity contribution in [3.8, 4) is 6.01 Å². The summed E-state index contributed by atoms with van der Waals surface area (Å²) < 4.78 is 7.68. The van der Waals surface area contributed by atoms with Crippen LogP contribution in [-0.4, -0.2) is 39.3 Å². The second-order valence-electron chi connectivity index (χ2n) is 4.72. The Bertz CT molecular complexity index is 623. The number of nitrogens with one attached hydrogen (secondary N) is 1. The molecular weight excluding hydrogens is 246 g/mol. The highest BCUT2D eigenvalue weighted by atomic mass is 16.5. The van der Waals surface area contributed by atoms with Gasteiger partial charge in [0.25, 0.3) is 6.01 Å². The van der Waals surface area contributed by atoms with Crippen molar-refractivity contribution in [3.63, 3.8) is 0 Å². The fourth-order valence-electron chi connectivity index (χ4n) is 2.36. The molecule has 6 nitrogen and oxygen atoms in total. The third-order valence-corrected chi connectivity index (χ3v) is 3.41. The van der Waals surface area contributed by atoms with Gasteiger partial charge in [0.2, 0.25) is 0 Å². The molecule has 2 heterocycles. The molecule has 1 aliphatic heterocycles. The standard InChI is InChI=1S/C13H15N3O3/c1-16-11-5-3-2-4-9(11)15-13(16)19-8-6-10(12(17)18)14-7-8/h2-5,8,10,14H,6-7H2,1H3,(H,17,18). The van der Waals surface area contributed by atoms with E-state index < -0.39 is 12.0 Å². The highest BCUT2D eigenvalue weighted by Crippen LogP contribution is 2.22. The number of hydrogen-bond donors (Lipinski definition) is 2. The highest BCUT2D eigenvalue weighted by molar-refractivity contribution is 5.76. The second kappa shape index (κ2) is 4.55. The molecule has 2 N–H and O–H groups in total. The van der Waals surface area contributed by atoms with Crippen LogP contribution in [0.1, 0.15) is 6.42 Å². The van der Waals surface area contributed by atoms with Crippen LogP contribution in [0.3, 0.4) is 0 Å². The third-order valence-electron chi connectivity index (χ3n) is 3.41. The molecule has 0 aliphatic carbocycles. The molecule has 2 atom stereocenters. The Balaban J connectivity index is 1.79. The van der Waals surface area contributed by atoms with Crippen molar-refractivity contribution >= 4 is 17.0 Å². The Morgan fingerprint density at radius 3 is 3.00 bits per heavy atom. The quantitative estimate of drug-likeness (QED) is 0.853. The fraction of sp³-hybridized carbons (Fsp3) is 0.385. The number of aryl methyl sites for hydroxylation is 1. The SMILES string of the molecule is Cn1c(OC2CNC(C(=O)O)C2)nc2ccccc21. The molecule has 19 heavy (non-hydrogen) atoms. The number of carbonyl (C=O) groups is 1. The van der Waals surface area contributed by atoms with Gasteiger partial charge in [0.1, 0.15) is 12.1 Å². The summed E-state index contributed by atoms with van der Waals surface area (Å²) in [5.74, 6) is -0.837. The smallest absolute Gasteiger partial charge is 0.320 e. The van der Waals surface area contributed by atoms with Gasteiger partial charge >= 0.3 is 5.97 Å². The number of carboxylic acid groups (broad SMARTS) is 1. The summed E-state index contributed by atoms with van der Waals surface area (Å²) in [7, 11) is 1.89. The zero-order valence-electron chi connectivity index (χ0n) is 10.5. The molecule has 1 fully saturated rings. The van der Waals surface area contributed by atoms with E-state index in [0.29, 0.717) is 19.0 Å². The van der Waals surface area contributed by atoms with Gasteiger partial charge in [-0.3, -0.25) is 9.36 Å². The van der Waals surface area contributed by atoms with Gasteiger partial charge in [0.15, 0.2) is 0 Å². The van der Waals surface area contributed by atoms with E-state index in [2.05, 4.69) is 10.3 Å². The van der Waals surface area contributed by atoms with Crippen LogP contribution in [0.15, 0.2) is 24.3 Å². The molecule has 0 saturated carbocycles. The minimum Gasteiger partial charge on any atom is -0.480 e. The summed E-state index contributed by atoms with van der Waals surface area (Å²) in [6.45, 7) is 0.528. The first-order valence-corrected chi connectivity index (χ1v) is 6.19. The van der Waals surface area contributed by atoms with Gasteiger partial charge in [-0.15, -0.1) is 0 Å². The van der Waals surface area contributed by atoms with Gasteiger partial charge in [0, 0.05) is 20.0 Å². The molecule has 6 heteroatoms. The number of hydrogen-bond acceptors (Lipinski definition) is 4. The molecule has 0 radical (unpaired) electrons. The molecular formula is C13H15N3O3.